The van der Waals surface area contributed by atoms with Crippen molar-refractivity contribution >= 4 is 23.4 Å². The molecule has 1 atom stereocenters. The quantitative estimate of drug-likeness (QED) is 0.874. The first-order valence-electron chi connectivity index (χ1n) is 7.35. The number of piperidine rings is 1. The summed E-state index contributed by atoms with van der Waals surface area (Å²) < 4.78 is 18.7. The molecule has 1 aromatic heterocycles. The topological polar surface area (TPSA) is 97.1 Å². The van der Waals surface area contributed by atoms with Gasteiger partial charge in [-0.25, -0.2) is 4.39 Å². The van der Waals surface area contributed by atoms with E-state index in [-0.39, 0.29) is 34.8 Å². The molecule has 0 saturated carbocycles. The molecular weight excluding hydrogens is 339 g/mol. The molecule has 0 aliphatic carbocycles. The summed E-state index contributed by atoms with van der Waals surface area (Å²) in [6.45, 7) is 0.523. The van der Waals surface area contributed by atoms with E-state index in [9.17, 15) is 14.0 Å². The zero-order valence-electron chi connectivity index (χ0n) is 12.5. The number of nitrogens with one attached hydrogen (secondary N) is 2. The summed E-state index contributed by atoms with van der Waals surface area (Å²) in [5.74, 6) is -0.836. The van der Waals surface area contributed by atoms with Crippen LogP contribution in [-0.2, 0) is 11.3 Å². The molecule has 1 fully saturated rings. The molecule has 2 aromatic rings. The molecular formula is C15H14ClFN4O3. The normalized spacial score (nSPS) is 17.4. The number of rotatable bonds is 4. The lowest BCUT2D eigenvalue weighted by Gasteiger charge is -2.18. The number of hydrogen-bond acceptors (Lipinski definition) is 5. The van der Waals surface area contributed by atoms with Gasteiger partial charge in [-0.05, 0) is 24.6 Å². The number of halogens is 2. The number of carbonyl (C=O) groups excluding carboxylic acids is 2. The molecule has 0 spiro atoms. The maximum Gasteiger partial charge on any atom is 0.254 e. The molecule has 1 saturated heterocycles. The second kappa shape index (κ2) is 6.96. The fourth-order valence-corrected chi connectivity index (χ4v) is 2.60. The molecule has 126 valence electrons. The summed E-state index contributed by atoms with van der Waals surface area (Å²) in [5, 5.41) is 9.33. The minimum atomic E-state index is -0.670. The first kappa shape index (κ1) is 16.4. The standard InChI is InChI=1S/C15H14ClFN4O3/c16-9-1-2-11(17)10(6-9)15(23)19-7-13-20-14(21-24-13)8-3-4-18-12(22)5-8/h1-2,6,8H,3-5,7H2,(H,18,22)(H,19,23). The van der Waals surface area contributed by atoms with Crippen molar-refractivity contribution in [1.29, 1.82) is 0 Å². The van der Waals surface area contributed by atoms with Crippen LogP contribution in [0, 0.1) is 5.82 Å². The second-order valence-electron chi connectivity index (χ2n) is 5.39. The largest absolute Gasteiger partial charge is 0.356 e. The van der Waals surface area contributed by atoms with Gasteiger partial charge < -0.3 is 15.2 Å². The van der Waals surface area contributed by atoms with E-state index >= 15 is 0 Å². The van der Waals surface area contributed by atoms with Crippen LogP contribution in [0.4, 0.5) is 4.39 Å². The van der Waals surface area contributed by atoms with Gasteiger partial charge in [0.05, 0.1) is 12.1 Å². The minimum absolute atomic E-state index is 0.0449. The average molecular weight is 353 g/mol. The summed E-state index contributed by atoms with van der Waals surface area (Å²) in [4.78, 5) is 27.6. The smallest absolute Gasteiger partial charge is 0.254 e. The van der Waals surface area contributed by atoms with Crippen LogP contribution in [-0.4, -0.2) is 28.5 Å². The SMILES string of the molecule is O=C1CC(c2noc(CNC(=O)c3cc(Cl)ccc3F)n2)CCN1. The van der Waals surface area contributed by atoms with Crippen LogP contribution in [0.25, 0.3) is 0 Å². The highest BCUT2D eigenvalue weighted by Gasteiger charge is 2.25. The van der Waals surface area contributed by atoms with Gasteiger partial charge in [-0.3, -0.25) is 9.59 Å². The molecule has 0 bridgehead atoms. The molecule has 2 amide bonds. The van der Waals surface area contributed by atoms with Crippen molar-refractivity contribution < 1.29 is 18.5 Å². The van der Waals surface area contributed by atoms with E-state index in [0.717, 1.165) is 12.5 Å². The van der Waals surface area contributed by atoms with Crippen molar-refractivity contribution in [3.05, 3.63) is 46.3 Å². The Morgan fingerprint density at radius 3 is 3.12 bits per heavy atom. The molecule has 3 rings (SSSR count). The Bertz CT molecular complexity index is 780. The Kier molecular flexibility index (Phi) is 4.75. The number of aromatic nitrogens is 2. The van der Waals surface area contributed by atoms with E-state index in [2.05, 4.69) is 20.8 Å². The van der Waals surface area contributed by atoms with E-state index in [1.165, 1.54) is 12.1 Å². The Labute approximate surface area is 141 Å². The molecule has 2 heterocycles. The Hall–Kier alpha value is -2.48. The monoisotopic (exact) mass is 352 g/mol. The maximum absolute atomic E-state index is 13.6. The minimum Gasteiger partial charge on any atom is -0.356 e. The van der Waals surface area contributed by atoms with Crippen LogP contribution in [0.15, 0.2) is 22.7 Å². The van der Waals surface area contributed by atoms with E-state index in [0.29, 0.717) is 18.8 Å². The second-order valence-corrected chi connectivity index (χ2v) is 5.83. The molecule has 7 nitrogen and oxygen atoms in total. The van der Waals surface area contributed by atoms with Gasteiger partial charge in [0.15, 0.2) is 5.82 Å². The van der Waals surface area contributed by atoms with Crippen LogP contribution in [0.1, 0.15) is 40.8 Å². The Morgan fingerprint density at radius 1 is 1.50 bits per heavy atom. The highest BCUT2D eigenvalue weighted by atomic mass is 35.5. The van der Waals surface area contributed by atoms with Gasteiger partial charge in [-0.2, -0.15) is 4.98 Å². The Morgan fingerprint density at radius 2 is 2.33 bits per heavy atom. The summed E-state index contributed by atoms with van der Waals surface area (Å²) in [7, 11) is 0. The highest BCUT2D eigenvalue weighted by molar-refractivity contribution is 6.31. The van der Waals surface area contributed by atoms with Crippen molar-refractivity contribution in [3.63, 3.8) is 0 Å². The molecule has 2 N–H and O–H groups in total. The predicted octanol–water partition coefficient (Wildman–Crippen LogP) is 1.79. The van der Waals surface area contributed by atoms with Crippen LogP contribution in [0.5, 0.6) is 0 Å². The lowest BCUT2D eigenvalue weighted by molar-refractivity contribution is -0.122. The van der Waals surface area contributed by atoms with E-state index in [1.54, 1.807) is 0 Å². The van der Waals surface area contributed by atoms with Gasteiger partial charge in [0, 0.05) is 23.9 Å². The highest BCUT2D eigenvalue weighted by Crippen LogP contribution is 2.23. The lowest BCUT2D eigenvalue weighted by atomic mass is 9.97. The first-order chi connectivity index (χ1) is 11.5. The van der Waals surface area contributed by atoms with Gasteiger partial charge in [-0.15, -0.1) is 0 Å². The summed E-state index contributed by atoms with van der Waals surface area (Å²) in [6, 6.07) is 3.72. The number of hydrogen-bond donors (Lipinski definition) is 2. The molecule has 24 heavy (non-hydrogen) atoms. The van der Waals surface area contributed by atoms with Gasteiger partial charge in [-0.1, -0.05) is 16.8 Å². The van der Waals surface area contributed by atoms with Gasteiger partial charge >= 0.3 is 0 Å². The number of carbonyl (C=O) groups is 2. The zero-order valence-corrected chi connectivity index (χ0v) is 13.3. The van der Waals surface area contributed by atoms with E-state index in [1.807, 2.05) is 0 Å². The van der Waals surface area contributed by atoms with Gasteiger partial charge in [0.1, 0.15) is 5.82 Å². The number of benzene rings is 1. The fourth-order valence-electron chi connectivity index (χ4n) is 2.43. The molecule has 9 heteroatoms. The van der Waals surface area contributed by atoms with Gasteiger partial charge in [0.25, 0.3) is 5.91 Å². The van der Waals surface area contributed by atoms with Crippen molar-refractivity contribution in [2.75, 3.05) is 6.54 Å². The maximum atomic E-state index is 13.6. The molecule has 1 aliphatic rings. The van der Waals surface area contributed by atoms with Gasteiger partial charge in [0.2, 0.25) is 11.8 Å². The molecule has 1 aliphatic heterocycles. The number of amides is 2. The van der Waals surface area contributed by atoms with Crippen molar-refractivity contribution in [2.45, 2.75) is 25.3 Å². The third kappa shape index (κ3) is 3.70. The molecule has 0 radical (unpaired) electrons. The van der Waals surface area contributed by atoms with Crippen LogP contribution in [0.2, 0.25) is 5.02 Å². The van der Waals surface area contributed by atoms with Crippen molar-refractivity contribution in [3.8, 4) is 0 Å². The predicted molar refractivity (Wildman–Crippen MR) is 81.9 cm³/mol. The third-order valence-corrected chi connectivity index (χ3v) is 3.90. The van der Waals surface area contributed by atoms with E-state index in [4.69, 9.17) is 16.1 Å². The summed E-state index contributed by atoms with van der Waals surface area (Å²) >= 11 is 5.76. The van der Waals surface area contributed by atoms with Crippen molar-refractivity contribution in [2.24, 2.45) is 0 Å². The summed E-state index contributed by atoms with van der Waals surface area (Å²) in [6.07, 6.45) is 1.03. The number of nitrogens with zero attached hydrogens (tertiary/aromatic N) is 2. The lowest BCUT2D eigenvalue weighted by Crippen LogP contribution is -2.32. The average Bonchev–Trinajstić information content (AvgIpc) is 3.04. The summed E-state index contributed by atoms with van der Waals surface area (Å²) in [5.41, 5.74) is -0.161. The van der Waals surface area contributed by atoms with Crippen LogP contribution < -0.4 is 10.6 Å². The fraction of sp³-hybridized carbons (Fsp3) is 0.333. The molecule has 1 aromatic carbocycles. The molecule has 1 unspecified atom stereocenters. The van der Waals surface area contributed by atoms with E-state index < -0.39 is 11.7 Å². The van der Waals surface area contributed by atoms with Crippen LogP contribution in [0.3, 0.4) is 0 Å². The van der Waals surface area contributed by atoms with Crippen LogP contribution >= 0.6 is 11.6 Å². The zero-order chi connectivity index (χ0) is 17.1. The Balaban J connectivity index is 1.62. The third-order valence-electron chi connectivity index (χ3n) is 3.67. The van der Waals surface area contributed by atoms with Crippen molar-refractivity contribution in [1.82, 2.24) is 20.8 Å². The first-order valence-corrected chi connectivity index (χ1v) is 7.73.